The summed E-state index contributed by atoms with van der Waals surface area (Å²) < 4.78 is 29.5. The summed E-state index contributed by atoms with van der Waals surface area (Å²) in [4.78, 5) is 27.5. The number of esters is 1. The molecule has 1 heterocycles. The summed E-state index contributed by atoms with van der Waals surface area (Å²) in [5, 5.41) is 12.6. The van der Waals surface area contributed by atoms with E-state index in [0.29, 0.717) is 6.29 Å². The molecule has 9 nitrogen and oxygen atoms in total. The van der Waals surface area contributed by atoms with E-state index in [0.717, 1.165) is 0 Å². The Bertz CT molecular complexity index is 934. The molecule has 0 spiro atoms. The van der Waals surface area contributed by atoms with Crippen LogP contribution < -0.4 is 9.61 Å². The molecule has 0 unspecified atom stereocenters. The predicted octanol–water partition coefficient (Wildman–Crippen LogP) is 3.54. The monoisotopic (exact) mass is 436 g/mol. The van der Waals surface area contributed by atoms with Crippen LogP contribution in [0.25, 0.3) is 0 Å². The van der Waals surface area contributed by atoms with Gasteiger partial charge in [0.05, 0.1) is 24.0 Å². The van der Waals surface area contributed by atoms with Gasteiger partial charge in [-0.2, -0.15) is 5.09 Å². The van der Waals surface area contributed by atoms with Gasteiger partial charge in [0.1, 0.15) is 17.5 Å². The normalized spacial score (nSPS) is 14.0. The fourth-order valence-corrected chi connectivity index (χ4v) is 3.86. The third kappa shape index (κ3) is 6.38. The van der Waals surface area contributed by atoms with Crippen molar-refractivity contribution in [2.24, 2.45) is 0 Å². The number of nitrogens with zero attached hydrogens (tertiary/aromatic N) is 1. The number of aromatic nitrogens is 1. The number of hydrogen-bond donors (Lipinski definition) is 2. The molecule has 30 heavy (non-hydrogen) atoms. The smallest absolute Gasteiger partial charge is 0.459 e. The van der Waals surface area contributed by atoms with Crippen LogP contribution in [0.15, 0.2) is 36.5 Å². The molecule has 0 fully saturated rings. The molecule has 0 amide bonds. The van der Waals surface area contributed by atoms with Crippen LogP contribution in [-0.2, 0) is 25.2 Å². The lowest BCUT2D eigenvalue weighted by molar-refractivity contribution is -0.149. The first kappa shape index (κ1) is 23.5. The number of carbonyl (C=O) groups excluding carboxylic acids is 2. The van der Waals surface area contributed by atoms with Crippen molar-refractivity contribution in [3.05, 3.63) is 53.3 Å². The number of aldehydes is 1. The molecule has 10 heteroatoms. The SMILES string of the molecule is Cc1ncc(CO[P@@](=O)(N[C@@H](C)C(=O)OC(C)C)Oc2ccccc2)c(C=O)c1O. The van der Waals surface area contributed by atoms with Crippen molar-refractivity contribution in [1.82, 2.24) is 10.1 Å². The summed E-state index contributed by atoms with van der Waals surface area (Å²) in [5.74, 6) is -0.668. The second-order valence-corrected chi connectivity index (χ2v) is 8.45. The van der Waals surface area contributed by atoms with Gasteiger partial charge in [-0.25, -0.2) is 4.57 Å². The van der Waals surface area contributed by atoms with Crippen LogP contribution in [0.5, 0.6) is 11.5 Å². The van der Waals surface area contributed by atoms with E-state index in [9.17, 15) is 19.3 Å². The highest BCUT2D eigenvalue weighted by Gasteiger charge is 2.33. The van der Waals surface area contributed by atoms with Gasteiger partial charge in [-0.15, -0.1) is 0 Å². The number of ether oxygens (including phenoxy) is 1. The van der Waals surface area contributed by atoms with Gasteiger partial charge in [-0.3, -0.25) is 19.1 Å². The molecule has 0 bridgehead atoms. The summed E-state index contributed by atoms with van der Waals surface area (Å²) in [6, 6.07) is 7.27. The number of rotatable bonds is 10. The van der Waals surface area contributed by atoms with Crippen LogP contribution in [0, 0.1) is 6.92 Å². The molecule has 1 aromatic heterocycles. The predicted molar refractivity (Wildman–Crippen MR) is 109 cm³/mol. The van der Waals surface area contributed by atoms with E-state index in [4.69, 9.17) is 13.8 Å². The summed E-state index contributed by atoms with van der Waals surface area (Å²) in [7, 11) is -4.09. The zero-order valence-electron chi connectivity index (χ0n) is 17.2. The first-order valence-corrected chi connectivity index (χ1v) is 10.8. The highest BCUT2D eigenvalue weighted by molar-refractivity contribution is 7.52. The Morgan fingerprint density at radius 1 is 1.27 bits per heavy atom. The van der Waals surface area contributed by atoms with Crippen molar-refractivity contribution in [3.63, 3.8) is 0 Å². The van der Waals surface area contributed by atoms with Crippen molar-refractivity contribution in [2.75, 3.05) is 0 Å². The van der Waals surface area contributed by atoms with E-state index >= 15 is 0 Å². The van der Waals surface area contributed by atoms with Crippen LogP contribution in [-0.4, -0.2) is 34.5 Å². The number of benzene rings is 1. The maximum Gasteiger partial charge on any atom is 0.459 e. The fraction of sp³-hybridized carbons (Fsp3) is 0.350. The molecule has 0 saturated carbocycles. The van der Waals surface area contributed by atoms with E-state index in [1.54, 1.807) is 51.1 Å². The summed E-state index contributed by atoms with van der Waals surface area (Å²) in [6.07, 6.45) is 1.44. The van der Waals surface area contributed by atoms with E-state index in [1.807, 2.05) is 0 Å². The molecule has 0 aliphatic heterocycles. The van der Waals surface area contributed by atoms with Crippen LogP contribution in [0.1, 0.15) is 42.4 Å². The molecular weight excluding hydrogens is 411 g/mol. The van der Waals surface area contributed by atoms with Gasteiger partial charge in [0.2, 0.25) is 0 Å². The number of para-hydroxylation sites is 1. The zero-order valence-corrected chi connectivity index (χ0v) is 18.1. The maximum atomic E-state index is 13.4. The third-order valence-electron chi connectivity index (χ3n) is 3.89. The van der Waals surface area contributed by atoms with Gasteiger partial charge in [-0.1, -0.05) is 18.2 Å². The maximum absolute atomic E-state index is 13.4. The third-order valence-corrected chi connectivity index (χ3v) is 5.52. The number of pyridine rings is 1. The standard InChI is InChI=1S/C20H25N2O7P/c1-13(2)28-20(25)15(4)22-30(26,29-17-8-6-5-7-9-17)27-12-16-10-21-14(3)19(24)18(16)11-23/h5-11,13,15,24H,12H2,1-4H3,(H,22,26)/t15-,30-/m0/s1. The summed E-state index contributed by atoms with van der Waals surface area (Å²) in [6.45, 7) is 6.03. The average Bonchev–Trinajstić information content (AvgIpc) is 2.69. The molecule has 2 aromatic rings. The molecule has 0 aliphatic carbocycles. The van der Waals surface area contributed by atoms with Gasteiger partial charge in [-0.05, 0) is 39.8 Å². The fourth-order valence-electron chi connectivity index (χ4n) is 2.39. The number of aromatic hydroxyl groups is 1. The van der Waals surface area contributed by atoms with Gasteiger partial charge in [0.15, 0.2) is 6.29 Å². The van der Waals surface area contributed by atoms with Gasteiger partial charge in [0, 0.05) is 11.8 Å². The van der Waals surface area contributed by atoms with Crippen LogP contribution in [0.2, 0.25) is 0 Å². The first-order valence-electron chi connectivity index (χ1n) is 9.25. The summed E-state index contributed by atoms with van der Waals surface area (Å²) in [5.41, 5.74) is 0.456. The van der Waals surface area contributed by atoms with Crippen molar-refractivity contribution < 1.29 is 33.0 Å². The summed E-state index contributed by atoms with van der Waals surface area (Å²) >= 11 is 0. The molecule has 2 rings (SSSR count). The Morgan fingerprint density at radius 2 is 1.93 bits per heavy atom. The largest absolute Gasteiger partial charge is 0.505 e. The minimum atomic E-state index is -4.09. The minimum absolute atomic E-state index is 0.0268. The second-order valence-electron chi connectivity index (χ2n) is 6.76. The Balaban J connectivity index is 2.25. The van der Waals surface area contributed by atoms with Gasteiger partial charge >= 0.3 is 13.7 Å². The van der Waals surface area contributed by atoms with Crippen LogP contribution in [0.4, 0.5) is 0 Å². The molecule has 0 radical (unpaired) electrons. The average molecular weight is 436 g/mol. The quantitative estimate of drug-likeness (QED) is 0.327. The lowest BCUT2D eigenvalue weighted by Gasteiger charge is -2.23. The highest BCUT2D eigenvalue weighted by Crippen LogP contribution is 2.46. The number of nitrogens with one attached hydrogen (secondary N) is 1. The van der Waals surface area contributed by atoms with Crippen molar-refractivity contribution in [3.8, 4) is 11.5 Å². The number of aryl methyl sites for hydroxylation is 1. The van der Waals surface area contributed by atoms with E-state index in [1.165, 1.54) is 13.1 Å². The lowest BCUT2D eigenvalue weighted by atomic mass is 10.1. The molecular formula is C20H25N2O7P. The number of hydrogen-bond acceptors (Lipinski definition) is 8. The van der Waals surface area contributed by atoms with Gasteiger partial charge < -0.3 is 14.4 Å². The molecule has 2 atom stereocenters. The Morgan fingerprint density at radius 3 is 2.53 bits per heavy atom. The van der Waals surface area contributed by atoms with E-state index in [2.05, 4.69) is 10.1 Å². The highest BCUT2D eigenvalue weighted by atomic mass is 31.2. The zero-order chi connectivity index (χ0) is 22.3. The number of carbonyl (C=O) groups is 2. The molecule has 0 aliphatic rings. The molecule has 162 valence electrons. The first-order chi connectivity index (χ1) is 14.1. The van der Waals surface area contributed by atoms with E-state index in [-0.39, 0.29) is 41.0 Å². The van der Waals surface area contributed by atoms with Crippen LogP contribution in [0.3, 0.4) is 0 Å². The van der Waals surface area contributed by atoms with Crippen molar-refractivity contribution >= 4 is 20.0 Å². The molecule has 1 aromatic carbocycles. The topological polar surface area (TPSA) is 124 Å². The second kappa shape index (κ2) is 10.3. The Kier molecular flexibility index (Phi) is 8.11. The Hall–Kier alpha value is -2.74. The minimum Gasteiger partial charge on any atom is -0.505 e. The van der Waals surface area contributed by atoms with Gasteiger partial charge in [0.25, 0.3) is 0 Å². The van der Waals surface area contributed by atoms with E-state index < -0.39 is 19.8 Å². The lowest BCUT2D eigenvalue weighted by Crippen LogP contribution is -2.36. The van der Waals surface area contributed by atoms with Crippen molar-refractivity contribution in [2.45, 2.75) is 46.4 Å². The Labute approximate surface area is 175 Å². The molecule has 2 N–H and O–H groups in total. The van der Waals surface area contributed by atoms with Crippen molar-refractivity contribution in [1.29, 1.82) is 0 Å². The van der Waals surface area contributed by atoms with Crippen LogP contribution >= 0.6 is 7.75 Å². The molecule has 0 saturated heterocycles.